The van der Waals surface area contributed by atoms with Gasteiger partial charge >= 0.3 is 0 Å². The van der Waals surface area contributed by atoms with Crippen LogP contribution in [0.4, 0.5) is 0 Å². The number of amides is 1. The quantitative estimate of drug-likeness (QED) is 0.832. The standard InChI is InChI=1S/C12H14N4O2/c1-8(10-6-14-16(2)7-10)15-12(18)9-3-4-11(17)13-5-9/h3-8H,1-2H3,(H,13,17)(H,15,18). The minimum atomic E-state index is -0.234. The average Bonchev–Trinajstić information content (AvgIpc) is 2.76. The van der Waals surface area contributed by atoms with Crippen molar-refractivity contribution in [2.45, 2.75) is 13.0 Å². The summed E-state index contributed by atoms with van der Waals surface area (Å²) in [4.78, 5) is 25.2. The molecular formula is C12H14N4O2. The van der Waals surface area contributed by atoms with Gasteiger partial charge in [0, 0.05) is 31.1 Å². The predicted molar refractivity (Wildman–Crippen MR) is 66.2 cm³/mol. The van der Waals surface area contributed by atoms with Crippen molar-refractivity contribution >= 4 is 5.91 Å². The molecule has 0 aromatic carbocycles. The molecule has 0 aliphatic heterocycles. The average molecular weight is 246 g/mol. The molecule has 0 saturated carbocycles. The minimum Gasteiger partial charge on any atom is -0.345 e. The first-order valence-electron chi connectivity index (χ1n) is 5.54. The Morgan fingerprint density at radius 1 is 1.50 bits per heavy atom. The number of aryl methyl sites for hydroxylation is 1. The van der Waals surface area contributed by atoms with Crippen LogP contribution in [0.2, 0.25) is 0 Å². The highest BCUT2D eigenvalue weighted by molar-refractivity contribution is 5.94. The molecule has 0 aliphatic carbocycles. The lowest BCUT2D eigenvalue weighted by Crippen LogP contribution is -2.27. The lowest BCUT2D eigenvalue weighted by Gasteiger charge is -2.11. The SMILES string of the molecule is CC(NC(=O)c1ccc(=O)[nH]c1)c1cnn(C)c1. The number of rotatable bonds is 3. The van der Waals surface area contributed by atoms with Gasteiger partial charge in [0.15, 0.2) is 0 Å². The Labute approximate surface area is 104 Å². The third-order valence-corrected chi connectivity index (χ3v) is 2.62. The molecular weight excluding hydrogens is 232 g/mol. The van der Waals surface area contributed by atoms with Crippen molar-refractivity contribution in [2.75, 3.05) is 0 Å². The van der Waals surface area contributed by atoms with E-state index in [1.807, 2.05) is 20.2 Å². The van der Waals surface area contributed by atoms with Crippen molar-refractivity contribution in [3.8, 4) is 0 Å². The van der Waals surface area contributed by atoms with Gasteiger partial charge in [-0.1, -0.05) is 0 Å². The van der Waals surface area contributed by atoms with Crippen LogP contribution in [-0.2, 0) is 7.05 Å². The highest BCUT2D eigenvalue weighted by atomic mass is 16.2. The van der Waals surface area contributed by atoms with Crippen molar-refractivity contribution in [3.63, 3.8) is 0 Å². The predicted octanol–water partition coefficient (Wildman–Crippen LogP) is 0.599. The summed E-state index contributed by atoms with van der Waals surface area (Å²) < 4.78 is 1.68. The molecule has 0 bridgehead atoms. The number of aromatic nitrogens is 3. The molecule has 1 atom stereocenters. The number of pyridine rings is 1. The molecule has 6 heteroatoms. The van der Waals surface area contributed by atoms with Gasteiger partial charge in [0.05, 0.1) is 17.8 Å². The van der Waals surface area contributed by atoms with Crippen LogP contribution in [0, 0.1) is 0 Å². The van der Waals surface area contributed by atoms with Gasteiger partial charge in [-0.2, -0.15) is 5.10 Å². The van der Waals surface area contributed by atoms with E-state index in [0.717, 1.165) is 5.56 Å². The van der Waals surface area contributed by atoms with Gasteiger partial charge in [-0.25, -0.2) is 0 Å². The molecule has 0 spiro atoms. The number of nitrogens with one attached hydrogen (secondary N) is 2. The van der Waals surface area contributed by atoms with E-state index in [0.29, 0.717) is 5.56 Å². The fourth-order valence-electron chi connectivity index (χ4n) is 1.58. The molecule has 2 aromatic heterocycles. The van der Waals surface area contributed by atoms with Gasteiger partial charge in [0.1, 0.15) is 0 Å². The van der Waals surface area contributed by atoms with E-state index >= 15 is 0 Å². The summed E-state index contributed by atoms with van der Waals surface area (Å²) in [6.07, 6.45) is 4.95. The number of hydrogen-bond acceptors (Lipinski definition) is 3. The summed E-state index contributed by atoms with van der Waals surface area (Å²) in [6, 6.07) is 2.67. The van der Waals surface area contributed by atoms with Gasteiger partial charge in [0.2, 0.25) is 5.56 Å². The second kappa shape index (κ2) is 4.87. The van der Waals surface area contributed by atoms with E-state index in [4.69, 9.17) is 0 Å². The molecule has 0 aliphatic rings. The minimum absolute atomic E-state index is 0.141. The van der Waals surface area contributed by atoms with Crippen molar-refractivity contribution in [2.24, 2.45) is 7.05 Å². The van der Waals surface area contributed by atoms with E-state index in [9.17, 15) is 9.59 Å². The van der Waals surface area contributed by atoms with Crippen LogP contribution in [0.1, 0.15) is 28.9 Å². The molecule has 18 heavy (non-hydrogen) atoms. The maximum absolute atomic E-state index is 11.9. The highest BCUT2D eigenvalue weighted by Crippen LogP contribution is 2.11. The summed E-state index contributed by atoms with van der Waals surface area (Å²) in [7, 11) is 1.82. The Hall–Kier alpha value is -2.37. The fourth-order valence-corrected chi connectivity index (χ4v) is 1.58. The van der Waals surface area contributed by atoms with Gasteiger partial charge in [-0.05, 0) is 13.0 Å². The zero-order chi connectivity index (χ0) is 13.1. The van der Waals surface area contributed by atoms with Gasteiger partial charge < -0.3 is 10.3 Å². The molecule has 2 N–H and O–H groups in total. The monoisotopic (exact) mass is 246 g/mol. The molecule has 1 amide bonds. The van der Waals surface area contributed by atoms with Crippen molar-refractivity contribution in [3.05, 3.63) is 52.2 Å². The second-order valence-electron chi connectivity index (χ2n) is 4.08. The van der Waals surface area contributed by atoms with Crippen molar-refractivity contribution in [1.29, 1.82) is 0 Å². The largest absolute Gasteiger partial charge is 0.345 e. The van der Waals surface area contributed by atoms with Crippen LogP contribution < -0.4 is 10.9 Å². The second-order valence-corrected chi connectivity index (χ2v) is 4.08. The molecule has 2 aromatic rings. The molecule has 1 unspecified atom stereocenters. The van der Waals surface area contributed by atoms with Crippen LogP contribution in [0.5, 0.6) is 0 Å². The lowest BCUT2D eigenvalue weighted by molar-refractivity contribution is 0.0939. The number of carbonyl (C=O) groups excluding carboxylic acids is 1. The number of aromatic amines is 1. The van der Waals surface area contributed by atoms with Gasteiger partial charge in [0.25, 0.3) is 5.91 Å². The Morgan fingerprint density at radius 2 is 2.28 bits per heavy atom. The third-order valence-electron chi connectivity index (χ3n) is 2.62. The Kier molecular flexibility index (Phi) is 3.27. The van der Waals surface area contributed by atoms with E-state index in [-0.39, 0.29) is 17.5 Å². The van der Waals surface area contributed by atoms with E-state index in [2.05, 4.69) is 15.4 Å². The molecule has 6 nitrogen and oxygen atoms in total. The van der Waals surface area contributed by atoms with Crippen LogP contribution in [0.25, 0.3) is 0 Å². The number of hydrogen-bond donors (Lipinski definition) is 2. The number of H-pyrrole nitrogens is 1. The first-order chi connectivity index (χ1) is 8.56. The highest BCUT2D eigenvalue weighted by Gasteiger charge is 2.12. The smallest absolute Gasteiger partial charge is 0.253 e. The molecule has 2 heterocycles. The first-order valence-corrected chi connectivity index (χ1v) is 5.54. The van der Waals surface area contributed by atoms with Crippen LogP contribution in [0.15, 0.2) is 35.5 Å². The maximum atomic E-state index is 11.9. The Balaban J connectivity index is 2.07. The molecule has 94 valence electrons. The van der Waals surface area contributed by atoms with Gasteiger partial charge in [-0.3, -0.25) is 14.3 Å². The van der Waals surface area contributed by atoms with E-state index < -0.39 is 0 Å². The first kappa shape index (κ1) is 12.1. The zero-order valence-corrected chi connectivity index (χ0v) is 10.2. The van der Waals surface area contributed by atoms with Crippen molar-refractivity contribution < 1.29 is 4.79 Å². The number of nitrogens with zero attached hydrogens (tertiary/aromatic N) is 2. The fraction of sp³-hybridized carbons (Fsp3) is 0.250. The van der Waals surface area contributed by atoms with E-state index in [1.54, 1.807) is 10.9 Å². The molecule has 0 radical (unpaired) electrons. The summed E-state index contributed by atoms with van der Waals surface area (Å²) in [6.45, 7) is 1.88. The van der Waals surface area contributed by atoms with Gasteiger partial charge in [-0.15, -0.1) is 0 Å². The van der Waals surface area contributed by atoms with Crippen LogP contribution in [-0.4, -0.2) is 20.7 Å². The normalized spacial score (nSPS) is 12.1. The molecule has 0 saturated heterocycles. The summed E-state index contributed by atoms with van der Waals surface area (Å²) in [5, 5.41) is 6.88. The summed E-state index contributed by atoms with van der Waals surface area (Å²) in [5.41, 5.74) is 1.12. The number of carbonyl (C=O) groups is 1. The van der Waals surface area contributed by atoms with Crippen molar-refractivity contribution in [1.82, 2.24) is 20.1 Å². The Bertz CT molecular complexity index is 594. The zero-order valence-electron chi connectivity index (χ0n) is 10.2. The summed E-state index contributed by atoms with van der Waals surface area (Å²) >= 11 is 0. The maximum Gasteiger partial charge on any atom is 0.253 e. The van der Waals surface area contributed by atoms with E-state index in [1.165, 1.54) is 18.3 Å². The molecule has 0 fully saturated rings. The lowest BCUT2D eigenvalue weighted by atomic mass is 10.1. The van der Waals surface area contributed by atoms with Crippen LogP contribution in [0.3, 0.4) is 0 Å². The molecule has 2 rings (SSSR count). The van der Waals surface area contributed by atoms with Crippen LogP contribution >= 0.6 is 0 Å². The summed E-state index contributed by atoms with van der Waals surface area (Å²) in [5.74, 6) is -0.234. The Morgan fingerprint density at radius 3 is 2.83 bits per heavy atom. The topological polar surface area (TPSA) is 79.8 Å². The third kappa shape index (κ3) is 2.65.